The lowest BCUT2D eigenvalue weighted by Crippen LogP contribution is -2.16. The first-order valence-electron chi connectivity index (χ1n) is 5.38. The number of nitrogens with one attached hydrogen (secondary N) is 1. The van der Waals surface area contributed by atoms with Gasteiger partial charge in [0.25, 0.3) is 5.56 Å². The lowest BCUT2D eigenvalue weighted by Gasteiger charge is -1.96. The van der Waals surface area contributed by atoms with E-state index in [1.165, 1.54) is 24.5 Å². The molecule has 2 aromatic rings. The molecular weight excluding hydrogens is 447 g/mol. The number of hydrogen-bond donors (Lipinski definition) is 3. The Labute approximate surface area is 145 Å². The van der Waals surface area contributed by atoms with E-state index in [1.807, 2.05) is 0 Å². The molecule has 10 heteroatoms. The first-order valence-corrected chi connectivity index (χ1v) is 7.34. The minimum Gasteiger partial charge on any atom is -0.478 e. The smallest absolute Gasteiger partial charge is 0.341 e. The topological polar surface area (TPSA) is 120 Å². The van der Waals surface area contributed by atoms with Gasteiger partial charge in [-0.2, -0.15) is 0 Å². The van der Waals surface area contributed by atoms with Crippen molar-refractivity contribution in [2.75, 3.05) is 0 Å². The zero-order chi connectivity index (χ0) is 16.9. The van der Waals surface area contributed by atoms with E-state index < -0.39 is 17.5 Å². The van der Waals surface area contributed by atoms with Crippen molar-refractivity contribution in [2.24, 2.45) is 0 Å². The summed E-state index contributed by atoms with van der Waals surface area (Å²) in [6.45, 7) is 0. The number of carboxylic acid groups (broad SMARTS) is 2. The number of rotatable bonds is 2. The Kier molecular flexibility index (Phi) is 6.72. The summed E-state index contributed by atoms with van der Waals surface area (Å²) in [6.07, 6.45) is 2.82. The predicted molar refractivity (Wildman–Crippen MR) is 85.6 cm³/mol. The van der Waals surface area contributed by atoms with Crippen molar-refractivity contribution in [3.63, 3.8) is 0 Å². The van der Waals surface area contributed by atoms with Crippen LogP contribution in [0.25, 0.3) is 0 Å². The Morgan fingerprint density at radius 1 is 1.09 bits per heavy atom. The number of nitrogens with zero attached hydrogens (tertiary/aromatic N) is 1. The molecule has 0 unspecified atom stereocenters. The molecule has 0 bridgehead atoms. The second-order valence-electron chi connectivity index (χ2n) is 3.66. The fourth-order valence-electron chi connectivity index (χ4n) is 1.19. The Balaban J connectivity index is 0.000000220. The number of carboxylic acids is 2. The first-order chi connectivity index (χ1) is 10.2. The predicted octanol–water partition coefficient (Wildman–Crippen LogP) is 3.03. The lowest BCUT2D eigenvalue weighted by atomic mass is 10.3. The molecule has 22 heavy (non-hydrogen) atoms. The third kappa shape index (κ3) is 5.24. The molecule has 7 nitrogen and oxygen atoms in total. The highest BCUT2D eigenvalue weighted by Gasteiger charge is 2.09. The highest BCUT2D eigenvalue weighted by atomic mass is 79.9. The summed E-state index contributed by atoms with van der Waals surface area (Å²) in [7, 11) is 0. The first kappa shape index (κ1) is 18.3. The molecule has 0 spiro atoms. The molecule has 0 atom stereocenters. The molecule has 0 saturated carbocycles. The second-order valence-corrected chi connectivity index (χ2v) is 5.85. The van der Waals surface area contributed by atoms with Gasteiger partial charge in [-0.05, 0) is 44.0 Å². The van der Waals surface area contributed by atoms with Gasteiger partial charge in [0.1, 0.15) is 10.7 Å². The van der Waals surface area contributed by atoms with Gasteiger partial charge >= 0.3 is 11.9 Å². The average Bonchev–Trinajstić information content (AvgIpc) is 2.44. The Bertz CT molecular complexity index is 778. The maximum atomic E-state index is 10.8. The number of hydrogen-bond acceptors (Lipinski definition) is 4. The van der Waals surface area contributed by atoms with E-state index in [2.05, 4.69) is 41.8 Å². The minimum absolute atomic E-state index is 0.000648. The summed E-state index contributed by atoms with van der Waals surface area (Å²) in [4.78, 5) is 37.4. The summed E-state index contributed by atoms with van der Waals surface area (Å²) in [5, 5.41) is 17.0. The van der Waals surface area contributed by atoms with Crippen LogP contribution in [-0.4, -0.2) is 32.1 Å². The number of aromatic carboxylic acids is 2. The highest BCUT2D eigenvalue weighted by molar-refractivity contribution is 9.10. The van der Waals surface area contributed by atoms with E-state index >= 15 is 0 Å². The monoisotopic (exact) mass is 452 g/mol. The van der Waals surface area contributed by atoms with Gasteiger partial charge in [0, 0.05) is 21.3 Å². The van der Waals surface area contributed by atoms with Crippen LogP contribution in [0.2, 0.25) is 5.15 Å². The zero-order valence-corrected chi connectivity index (χ0v) is 14.4. The van der Waals surface area contributed by atoms with Gasteiger partial charge < -0.3 is 15.2 Å². The van der Waals surface area contributed by atoms with E-state index in [0.29, 0.717) is 8.95 Å². The lowest BCUT2D eigenvalue weighted by molar-refractivity contribution is 0.0684. The summed E-state index contributed by atoms with van der Waals surface area (Å²) in [5.74, 6) is -2.31. The van der Waals surface area contributed by atoms with Gasteiger partial charge in [-0.1, -0.05) is 11.6 Å². The van der Waals surface area contributed by atoms with Crippen molar-refractivity contribution in [1.82, 2.24) is 9.97 Å². The molecule has 0 saturated heterocycles. The standard InChI is InChI=1S/C6H3BrClNO2.C6H4BrNO3/c7-3-1-4(6(10)11)5(8)9-2-3;7-3-1-4(6(10)11)5(9)8-2-3/h1-2H,(H,10,11);1-2H,(H,8,9)(H,10,11). The maximum absolute atomic E-state index is 10.8. The molecule has 0 aliphatic carbocycles. The highest BCUT2D eigenvalue weighted by Crippen LogP contribution is 2.17. The van der Waals surface area contributed by atoms with Crippen LogP contribution in [0, 0.1) is 0 Å². The van der Waals surface area contributed by atoms with Crippen LogP contribution in [-0.2, 0) is 0 Å². The average molecular weight is 454 g/mol. The number of carbonyl (C=O) groups is 2. The molecule has 0 fully saturated rings. The van der Waals surface area contributed by atoms with Crippen molar-refractivity contribution >= 4 is 55.4 Å². The number of H-pyrrole nitrogens is 1. The zero-order valence-electron chi connectivity index (χ0n) is 10.5. The quantitative estimate of drug-likeness (QED) is 0.600. The second kappa shape index (κ2) is 8.06. The van der Waals surface area contributed by atoms with Crippen LogP contribution in [0.15, 0.2) is 38.3 Å². The van der Waals surface area contributed by atoms with E-state index in [0.717, 1.165) is 0 Å². The normalized spacial score (nSPS) is 9.59. The molecular formula is C12H7Br2ClN2O5. The van der Waals surface area contributed by atoms with Crippen molar-refractivity contribution in [1.29, 1.82) is 0 Å². The largest absolute Gasteiger partial charge is 0.478 e. The molecule has 0 aliphatic heterocycles. The van der Waals surface area contributed by atoms with E-state index in [9.17, 15) is 14.4 Å². The molecule has 0 aliphatic rings. The number of aromatic nitrogens is 2. The number of aromatic amines is 1. The van der Waals surface area contributed by atoms with Crippen LogP contribution in [0.3, 0.4) is 0 Å². The van der Waals surface area contributed by atoms with Gasteiger partial charge in [0.05, 0.1) is 5.56 Å². The van der Waals surface area contributed by atoms with Crippen LogP contribution < -0.4 is 5.56 Å². The van der Waals surface area contributed by atoms with Gasteiger partial charge in [0.2, 0.25) is 0 Å². The molecule has 0 radical (unpaired) electrons. The van der Waals surface area contributed by atoms with Crippen LogP contribution in [0.5, 0.6) is 0 Å². The van der Waals surface area contributed by atoms with E-state index in [-0.39, 0.29) is 16.3 Å². The van der Waals surface area contributed by atoms with Crippen LogP contribution in [0.1, 0.15) is 20.7 Å². The van der Waals surface area contributed by atoms with Gasteiger partial charge in [-0.15, -0.1) is 0 Å². The molecule has 3 N–H and O–H groups in total. The van der Waals surface area contributed by atoms with Crippen molar-refractivity contribution in [3.8, 4) is 0 Å². The maximum Gasteiger partial charge on any atom is 0.341 e. The molecule has 2 aromatic heterocycles. The summed E-state index contributed by atoms with van der Waals surface area (Å²) >= 11 is 11.6. The Morgan fingerprint density at radius 2 is 1.64 bits per heavy atom. The number of pyridine rings is 2. The summed E-state index contributed by atoms with van der Waals surface area (Å²) in [6, 6.07) is 2.65. The van der Waals surface area contributed by atoms with Crippen molar-refractivity contribution in [3.05, 3.63) is 60.1 Å². The van der Waals surface area contributed by atoms with E-state index in [4.69, 9.17) is 21.8 Å². The van der Waals surface area contributed by atoms with Crippen LogP contribution >= 0.6 is 43.5 Å². The molecule has 2 heterocycles. The molecule has 116 valence electrons. The molecule has 0 aromatic carbocycles. The van der Waals surface area contributed by atoms with Crippen molar-refractivity contribution < 1.29 is 19.8 Å². The third-order valence-corrected chi connectivity index (χ3v) is 3.33. The SMILES string of the molecule is O=C(O)c1cc(Br)c[nH]c1=O.O=C(O)c1cc(Br)cnc1Cl. The Hall–Kier alpha value is -1.71. The third-order valence-electron chi connectivity index (χ3n) is 2.13. The fraction of sp³-hybridized carbons (Fsp3) is 0. The van der Waals surface area contributed by atoms with Gasteiger partial charge in [-0.25, -0.2) is 14.6 Å². The summed E-state index contributed by atoms with van der Waals surface area (Å²) < 4.78 is 1.13. The van der Waals surface area contributed by atoms with Gasteiger partial charge in [0.15, 0.2) is 0 Å². The Morgan fingerprint density at radius 3 is 2.09 bits per heavy atom. The minimum atomic E-state index is -1.23. The van der Waals surface area contributed by atoms with Crippen LogP contribution in [0.4, 0.5) is 0 Å². The van der Waals surface area contributed by atoms with Gasteiger partial charge in [-0.3, -0.25) is 4.79 Å². The van der Waals surface area contributed by atoms with E-state index in [1.54, 1.807) is 0 Å². The molecule has 0 amide bonds. The number of halogens is 3. The van der Waals surface area contributed by atoms with Crippen molar-refractivity contribution in [2.45, 2.75) is 0 Å². The fourth-order valence-corrected chi connectivity index (χ4v) is 2.05. The summed E-state index contributed by atoms with van der Waals surface area (Å²) in [5.41, 5.74) is -0.860. The molecule has 2 rings (SSSR count).